The smallest absolute Gasteiger partial charge is 0.161 e. The SMILES string of the molecule is CCC(N1CCc2cc(OC)c(OC)cc2C1)N(C)C(C)c1ccc2cc(OC)ccc2c1. The Morgan fingerprint density at radius 2 is 1.55 bits per heavy atom. The van der Waals surface area contributed by atoms with Gasteiger partial charge in [0.1, 0.15) is 5.75 Å². The first-order valence-corrected chi connectivity index (χ1v) is 11.8. The summed E-state index contributed by atoms with van der Waals surface area (Å²) in [6.07, 6.45) is 2.44. The molecule has 2 atom stereocenters. The van der Waals surface area contributed by atoms with Gasteiger partial charge in [-0.1, -0.05) is 25.1 Å². The molecule has 4 rings (SSSR count). The standard InChI is InChI=1S/C28H36N2O3/c1-7-28(30-13-12-23-16-26(32-5)27(33-6)17-24(23)18-30)29(3)19(2)20-8-9-22-15-25(31-4)11-10-21(22)14-20/h8-11,14-17,19,28H,7,12-13,18H2,1-6H3. The van der Waals surface area contributed by atoms with Crippen LogP contribution in [0.3, 0.4) is 0 Å². The number of methoxy groups -OCH3 is 3. The van der Waals surface area contributed by atoms with Crippen LogP contribution in [-0.4, -0.2) is 50.9 Å². The van der Waals surface area contributed by atoms with Gasteiger partial charge >= 0.3 is 0 Å². The largest absolute Gasteiger partial charge is 0.497 e. The summed E-state index contributed by atoms with van der Waals surface area (Å²) in [5.74, 6) is 2.52. The Labute approximate surface area is 197 Å². The van der Waals surface area contributed by atoms with Gasteiger partial charge in [-0.15, -0.1) is 0 Å². The van der Waals surface area contributed by atoms with Crippen LogP contribution in [0.5, 0.6) is 17.2 Å². The van der Waals surface area contributed by atoms with E-state index < -0.39 is 0 Å². The number of benzene rings is 3. The highest BCUT2D eigenvalue weighted by atomic mass is 16.5. The molecule has 176 valence electrons. The number of fused-ring (bicyclic) bond motifs is 2. The van der Waals surface area contributed by atoms with Crippen molar-refractivity contribution in [2.45, 2.75) is 45.4 Å². The second kappa shape index (κ2) is 10.0. The Bertz CT molecular complexity index is 1110. The van der Waals surface area contributed by atoms with Crippen LogP contribution < -0.4 is 14.2 Å². The van der Waals surface area contributed by atoms with E-state index in [1.807, 2.05) is 6.07 Å². The molecule has 0 bridgehead atoms. The van der Waals surface area contributed by atoms with Crippen LogP contribution in [0.4, 0.5) is 0 Å². The monoisotopic (exact) mass is 448 g/mol. The topological polar surface area (TPSA) is 34.2 Å². The summed E-state index contributed by atoms with van der Waals surface area (Å²) < 4.78 is 16.4. The van der Waals surface area contributed by atoms with Gasteiger partial charge in [-0.25, -0.2) is 0 Å². The first kappa shape index (κ1) is 23.4. The van der Waals surface area contributed by atoms with E-state index in [-0.39, 0.29) is 0 Å². The second-order valence-corrected chi connectivity index (χ2v) is 8.90. The summed E-state index contributed by atoms with van der Waals surface area (Å²) in [7, 11) is 7.37. The molecule has 5 nitrogen and oxygen atoms in total. The average Bonchev–Trinajstić information content (AvgIpc) is 2.86. The van der Waals surface area contributed by atoms with Crippen molar-refractivity contribution < 1.29 is 14.2 Å². The summed E-state index contributed by atoms with van der Waals surface area (Å²) >= 11 is 0. The Kier molecular flexibility index (Phi) is 7.11. The third kappa shape index (κ3) is 4.66. The van der Waals surface area contributed by atoms with Crippen molar-refractivity contribution in [3.05, 3.63) is 65.2 Å². The lowest BCUT2D eigenvalue weighted by Gasteiger charge is -2.42. The van der Waals surface area contributed by atoms with Crippen LogP contribution in [0.15, 0.2) is 48.5 Å². The maximum absolute atomic E-state index is 5.56. The van der Waals surface area contributed by atoms with Gasteiger partial charge < -0.3 is 14.2 Å². The van der Waals surface area contributed by atoms with Crippen molar-refractivity contribution >= 4 is 10.8 Å². The number of hydrogen-bond acceptors (Lipinski definition) is 5. The van der Waals surface area contributed by atoms with Crippen LogP contribution >= 0.6 is 0 Å². The Hall–Kier alpha value is -2.76. The van der Waals surface area contributed by atoms with Crippen molar-refractivity contribution in [3.8, 4) is 17.2 Å². The molecular weight excluding hydrogens is 412 g/mol. The lowest BCUT2D eigenvalue weighted by atomic mass is 9.97. The van der Waals surface area contributed by atoms with Gasteiger partial charge in [0.25, 0.3) is 0 Å². The predicted octanol–water partition coefficient (Wildman–Crippen LogP) is 5.65. The maximum atomic E-state index is 5.56. The van der Waals surface area contributed by atoms with Crippen molar-refractivity contribution in [2.75, 3.05) is 34.9 Å². The summed E-state index contributed by atoms with van der Waals surface area (Å²) in [6.45, 7) is 6.54. The molecule has 0 aromatic heterocycles. The quantitative estimate of drug-likeness (QED) is 0.445. The van der Waals surface area contributed by atoms with E-state index in [1.54, 1.807) is 21.3 Å². The lowest BCUT2D eigenvalue weighted by molar-refractivity contribution is 0.0232. The maximum Gasteiger partial charge on any atom is 0.161 e. The van der Waals surface area contributed by atoms with E-state index in [0.29, 0.717) is 12.2 Å². The molecule has 33 heavy (non-hydrogen) atoms. The van der Waals surface area contributed by atoms with Gasteiger partial charge in [0.15, 0.2) is 11.5 Å². The summed E-state index contributed by atoms with van der Waals surface area (Å²) in [5, 5.41) is 2.45. The third-order valence-electron chi connectivity index (χ3n) is 7.17. The molecule has 0 saturated heterocycles. The van der Waals surface area contributed by atoms with Crippen molar-refractivity contribution in [2.24, 2.45) is 0 Å². The molecule has 3 aromatic rings. The van der Waals surface area contributed by atoms with E-state index >= 15 is 0 Å². The van der Waals surface area contributed by atoms with Crippen molar-refractivity contribution in [1.29, 1.82) is 0 Å². The molecule has 1 aliphatic rings. The zero-order valence-electron chi connectivity index (χ0n) is 20.7. The van der Waals surface area contributed by atoms with Gasteiger partial charge in [0, 0.05) is 19.1 Å². The number of hydrogen-bond donors (Lipinski definition) is 0. The molecule has 0 N–H and O–H groups in total. The number of nitrogens with zero attached hydrogens (tertiary/aromatic N) is 2. The zero-order valence-corrected chi connectivity index (χ0v) is 20.7. The summed E-state index contributed by atoms with van der Waals surface area (Å²) in [6, 6.07) is 17.6. The molecule has 0 saturated carbocycles. The fourth-order valence-electron chi connectivity index (χ4n) is 5.09. The molecule has 0 amide bonds. The van der Waals surface area contributed by atoms with E-state index in [0.717, 1.165) is 43.2 Å². The molecule has 1 heterocycles. The van der Waals surface area contributed by atoms with Crippen LogP contribution in [0.2, 0.25) is 0 Å². The molecule has 0 spiro atoms. The highest BCUT2D eigenvalue weighted by Crippen LogP contribution is 2.35. The average molecular weight is 449 g/mol. The van der Waals surface area contributed by atoms with Crippen LogP contribution in [-0.2, 0) is 13.0 Å². The number of rotatable bonds is 8. The zero-order chi connectivity index (χ0) is 23.5. The van der Waals surface area contributed by atoms with Crippen LogP contribution in [0.25, 0.3) is 10.8 Å². The van der Waals surface area contributed by atoms with Crippen molar-refractivity contribution in [1.82, 2.24) is 9.80 Å². The lowest BCUT2D eigenvalue weighted by Crippen LogP contribution is -2.49. The first-order chi connectivity index (χ1) is 16.0. The van der Waals surface area contributed by atoms with Crippen molar-refractivity contribution in [3.63, 3.8) is 0 Å². The molecule has 0 aliphatic carbocycles. The molecule has 5 heteroatoms. The van der Waals surface area contributed by atoms with Crippen LogP contribution in [0.1, 0.15) is 43.0 Å². The van der Waals surface area contributed by atoms with Gasteiger partial charge in [-0.05, 0) is 84.6 Å². The second-order valence-electron chi connectivity index (χ2n) is 8.90. The molecule has 0 fully saturated rings. The third-order valence-corrected chi connectivity index (χ3v) is 7.17. The minimum atomic E-state index is 0.299. The molecular formula is C28H36N2O3. The Morgan fingerprint density at radius 3 is 2.21 bits per heavy atom. The highest BCUT2D eigenvalue weighted by molar-refractivity contribution is 5.84. The summed E-state index contributed by atoms with van der Waals surface area (Å²) in [4.78, 5) is 5.10. The van der Waals surface area contributed by atoms with E-state index in [4.69, 9.17) is 14.2 Å². The highest BCUT2D eigenvalue weighted by Gasteiger charge is 2.29. The fourth-order valence-corrected chi connectivity index (χ4v) is 5.09. The van der Waals surface area contributed by atoms with E-state index in [1.165, 1.54) is 27.5 Å². The van der Waals surface area contributed by atoms with Gasteiger partial charge in [0.05, 0.1) is 27.5 Å². The molecule has 2 unspecified atom stereocenters. The van der Waals surface area contributed by atoms with E-state index in [9.17, 15) is 0 Å². The Balaban J connectivity index is 1.54. The van der Waals surface area contributed by atoms with Gasteiger partial charge in [0.2, 0.25) is 0 Å². The fraction of sp³-hybridized carbons (Fsp3) is 0.429. The first-order valence-electron chi connectivity index (χ1n) is 11.8. The van der Waals surface area contributed by atoms with E-state index in [2.05, 4.69) is 73.2 Å². The van der Waals surface area contributed by atoms with Gasteiger partial charge in [-0.2, -0.15) is 0 Å². The predicted molar refractivity (Wildman–Crippen MR) is 134 cm³/mol. The normalized spacial score (nSPS) is 15.8. The minimum absolute atomic E-state index is 0.299. The molecule has 0 radical (unpaired) electrons. The Morgan fingerprint density at radius 1 is 0.879 bits per heavy atom. The number of ether oxygens (including phenoxy) is 3. The van der Waals surface area contributed by atoms with Crippen LogP contribution in [0, 0.1) is 0 Å². The summed E-state index contributed by atoms with van der Waals surface area (Å²) in [5.41, 5.74) is 4.02. The van der Waals surface area contributed by atoms with Gasteiger partial charge in [-0.3, -0.25) is 9.80 Å². The molecule has 1 aliphatic heterocycles. The molecule has 3 aromatic carbocycles. The minimum Gasteiger partial charge on any atom is -0.497 e.